The lowest BCUT2D eigenvalue weighted by molar-refractivity contribution is -0.00624. The summed E-state index contributed by atoms with van der Waals surface area (Å²) in [6, 6.07) is 5.58. The molecule has 0 bridgehead atoms. The molecule has 2 N–H and O–H groups in total. The van der Waals surface area contributed by atoms with Crippen molar-refractivity contribution >= 4 is 5.57 Å². The molecule has 0 fully saturated rings. The van der Waals surface area contributed by atoms with Gasteiger partial charge in [-0.05, 0) is 60.1 Å². The number of allylic oxidation sites excluding steroid dienone is 1. The monoisotopic (exact) mass is 219 g/mol. The van der Waals surface area contributed by atoms with Crippen molar-refractivity contribution < 1.29 is 9.47 Å². The minimum Gasteiger partial charge on any atom is -0.324 e. The highest BCUT2D eigenvalue weighted by molar-refractivity contribution is 5.78. The fourth-order valence-corrected chi connectivity index (χ4v) is 2.85. The summed E-state index contributed by atoms with van der Waals surface area (Å²) in [4.78, 5) is 3.79. The first kappa shape index (κ1) is 9.85. The smallest absolute Gasteiger partial charge is 0.172 e. The molecule has 1 unspecified atom stereocenters. The Hall–Kier alpha value is -1.35. The summed E-state index contributed by atoms with van der Waals surface area (Å²) < 4.78 is 12.2. The number of fused-ring (bicyclic) bond motifs is 2. The van der Waals surface area contributed by atoms with Crippen LogP contribution in [0.25, 0.3) is 5.57 Å². The predicted molar refractivity (Wildman–Crippen MR) is 60.6 cm³/mol. The van der Waals surface area contributed by atoms with Crippen LogP contribution in [0.3, 0.4) is 0 Å². The van der Waals surface area contributed by atoms with Crippen molar-refractivity contribution in [2.24, 2.45) is 5.73 Å². The summed E-state index contributed by atoms with van der Waals surface area (Å²) >= 11 is 0. The first-order valence-corrected chi connectivity index (χ1v) is 5.69. The Kier molecular flexibility index (Phi) is 2.21. The Balaban J connectivity index is 2.08. The topological polar surface area (TPSA) is 35.2 Å². The third kappa shape index (κ3) is 1.35. The van der Waals surface area contributed by atoms with Crippen molar-refractivity contribution in [1.29, 1.82) is 0 Å². The van der Waals surface area contributed by atoms with Crippen LogP contribution in [0, 0.1) is 0 Å². The van der Waals surface area contributed by atoms with E-state index >= 15 is 0 Å². The fraction of sp³-hybridized carbons (Fsp3) is 0.385. The van der Waals surface area contributed by atoms with Crippen molar-refractivity contribution in [1.82, 2.24) is 0 Å². The molecule has 3 rings (SSSR count). The lowest BCUT2D eigenvalue weighted by Crippen LogP contribution is -2.25. The highest BCUT2D eigenvalue weighted by atomic mass is 19.3. The van der Waals surface area contributed by atoms with Gasteiger partial charge in [0.25, 0.3) is 0 Å². The van der Waals surface area contributed by atoms with E-state index in [1.807, 2.05) is 6.07 Å². The molecule has 2 aliphatic rings. The standard InChI is InChI=1S/C13H14FNO/c14-16-9-5-4-8-6-12-10(11(8)7-9)2-1-3-13(12)15/h4-5,7,13H,1-3,6,15H2. The van der Waals surface area contributed by atoms with E-state index < -0.39 is 0 Å². The van der Waals surface area contributed by atoms with Crippen LogP contribution >= 0.6 is 0 Å². The maximum Gasteiger partial charge on any atom is 0.172 e. The number of benzene rings is 1. The van der Waals surface area contributed by atoms with Gasteiger partial charge in [0.1, 0.15) is 0 Å². The van der Waals surface area contributed by atoms with E-state index in [0.29, 0.717) is 0 Å². The molecule has 0 saturated heterocycles. The molecule has 0 spiro atoms. The number of rotatable bonds is 1. The van der Waals surface area contributed by atoms with Crippen LogP contribution in [0.5, 0.6) is 5.75 Å². The highest BCUT2D eigenvalue weighted by Gasteiger charge is 2.28. The molecule has 0 heterocycles. The number of halogens is 1. The van der Waals surface area contributed by atoms with Crippen molar-refractivity contribution in [3.8, 4) is 5.75 Å². The Labute approximate surface area is 93.8 Å². The van der Waals surface area contributed by atoms with E-state index in [2.05, 4.69) is 4.94 Å². The molecular weight excluding hydrogens is 205 g/mol. The number of nitrogens with two attached hydrogens (primary N) is 1. The second-order valence-corrected chi connectivity index (χ2v) is 4.58. The van der Waals surface area contributed by atoms with Gasteiger partial charge in [0.05, 0.1) is 0 Å². The lowest BCUT2D eigenvalue weighted by atomic mass is 9.88. The Bertz CT molecular complexity index is 467. The van der Waals surface area contributed by atoms with Gasteiger partial charge in [-0.3, -0.25) is 4.94 Å². The zero-order valence-electron chi connectivity index (χ0n) is 9.00. The summed E-state index contributed by atoms with van der Waals surface area (Å²) in [6.45, 7) is 0. The second kappa shape index (κ2) is 3.59. The summed E-state index contributed by atoms with van der Waals surface area (Å²) in [7, 11) is 0. The fourth-order valence-electron chi connectivity index (χ4n) is 2.85. The normalized spacial score (nSPS) is 23.0. The van der Waals surface area contributed by atoms with Gasteiger partial charge in [-0.2, -0.15) is 0 Å². The van der Waals surface area contributed by atoms with Gasteiger partial charge in [-0.25, -0.2) is 0 Å². The summed E-state index contributed by atoms with van der Waals surface area (Å²) in [5, 5.41) is 0. The van der Waals surface area contributed by atoms with Crippen LogP contribution in [-0.4, -0.2) is 6.04 Å². The molecule has 0 amide bonds. The molecule has 0 aromatic heterocycles. The molecule has 2 nitrogen and oxygen atoms in total. The van der Waals surface area contributed by atoms with Crippen LogP contribution in [0.15, 0.2) is 23.8 Å². The summed E-state index contributed by atoms with van der Waals surface area (Å²) in [5.41, 5.74) is 11.2. The maximum atomic E-state index is 12.2. The number of hydrogen-bond acceptors (Lipinski definition) is 2. The third-order valence-corrected chi connectivity index (χ3v) is 3.65. The van der Waals surface area contributed by atoms with E-state index in [0.717, 1.165) is 31.2 Å². The first-order chi connectivity index (χ1) is 7.79. The molecule has 1 atom stereocenters. The molecule has 3 heteroatoms. The quantitative estimate of drug-likeness (QED) is 0.788. The zero-order chi connectivity index (χ0) is 11.1. The van der Waals surface area contributed by atoms with Crippen molar-refractivity contribution in [2.75, 3.05) is 0 Å². The first-order valence-electron chi connectivity index (χ1n) is 5.69. The molecule has 0 saturated carbocycles. The minimum absolute atomic E-state index is 0.186. The van der Waals surface area contributed by atoms with Crippen molar-refractivity contribution in [2.45, 2.75) is 31.7 Å². The maximum absolute atomic E-state index is 12.2. The van der Waals surface area contributed by atoms with Crippen LogP contribution < -0.4 is 10.7 Å². The largest absolute Gasteiger partial charge is 0.324 e. The second-order valence-electron chi connectivity index (χ2n) is 4.58. The van der Waals surface area contributed by atoms with Gasteiger partial charge >= 0.3 is 0 Å². The van der Waals surface area contributed by atoms with Gasteiger partial charge in [-0.15, -0.1) is 0 Å². The van der Waals surface area contributed by atoms with Gasteiger partial charge in [0.2, 0.25) is 0 Å². The lowest BCUT2D eigenvalue weighted by Gasteiger charge is -2.21. The van der Waals surface area contributed by atoms with E-state index in [9.17, 15) is 4.53 Å². The molecule has 1 aromatic carbocycles. The molecular formula is C13H14FNO. The minimum atomic E-state index is 0.186. The van der Waals surface area contributed by atoms with E-state index in [1.165, 1.54) is 16.7 Å². The van der Waals surface area contributed by atoms with Crippen molar-refractivity contribution in [3.05, 3.63) is 34.9 Å². The van der Waals surface area contributed by atoms with Crippen LogP contribution in [0.1, 0.15) is 30.4 Å². The van der Waals surface area contributed by atoms with E-state index in [-0.39, 0.29) is 11.8 Å². The SMILES string of the molecule is NC1CCCC2=C1Cc1ccc(OF)cc12. The Morgan fingerprint density at radius 3 is 3.06 bits per heavy atom. The molecule has 1 aromatic rings. The van der Waals surface area contributed by atoms with Gasteiger partial charge in [0.15, 0.2) is 5.75 Å². The molecule has 0 aliphatic heterocycles. The zero-order valence-corrected chi connectivity index (χ0v) is 9.00. The Morgan fingerprint density at radius 1 is 1.38 bits per heavy atom. The van der Waals surface area contributed by atoms with Crippen LogP contribution in [0.2, 0.25) is 0 Å². The van der Waals surface area contributed by atoms with Gasteiger partial charge < -0.3 is 5.73 Å². The van der Waals surface area contributed by atoms with E-state index in [4.69, 9.17) is 5.73 Å². The van der Waals surface area contributed by atoms with Gasteiger partial charge in [0, 0.05) is 10.6 Å². The molecule has 0 radical (unpaired) electrons. The average molecular weight is 219 g/mol. The molecule has 16 heavy (non-hydrogen) atoms. The molecule has 84 valence electrons. The predicted octanol–water partition coefficient (Wildman–Crippen LogP) is 2.77. The van der Waals surface area contributed by atoms with Gasteiger partial charge in [-0.1, -0.05) is 6.07 Å². The Morgan fingerprint density at radius 2 is 2.25 bits per heavy atom. The average Bonchev–Trinajstić information content (AvgIpc) is 2.68. The highest BCUT2D eigenvalue weighted by Crippen LogP contribution is 2.42. The van der Waals surface area contributed by atoms with Crippen LogP contribution in [0.4, 0.5) is 4.53 Å². The van der Waals surface area contributed by atoms with E-state index in [1.54, 1.807) is 12.1 Å². The number of hydrogen-bond donors (Lipinski definition) is 1. The summed E-state index contributed by atoms with van der Waals surface area (Å²) in [6.07, 6.45) is 4.18. The third-order valence-electron chi connectivity index (χ3n) is 3.65. The summed E-state index contributed by atoms with van der Waals surface area (Å²) in [5.74, 6) is 0.284. The van der Waals surface area contributed by atoms with Crippen molar-refractivity contribution in [3.63, 3.8) is 0 Å². The van der Waals surface area contributed by atoms with Crippen LogP contribution in [-0.2, 0) is 6.42 Å². The molecule has 2 aliphatic carbocycles.